The smallest absolute Gasteiger partial charge is 0.411 e. The number of carbonyl (C=O) groups excluding carboxylic acids is 4. The van der Waals surface area contributed by atoms with Crippen LogP contribution >= 0.6 is 0 Å². The van der Waals surface area contributed by atoms with Crippen LogP contribution in [0.2, 0.25) is 0 Å². The highest BCUT2D eigenvalue weighted by Gasteiger charge is 2.07. The van der Waals surface area contributed by atoms with Crippen molar-refractivity contribution in [1.82, 2.24) is 21.3 Å². The zero-order chi connectivity index (χ0) is 17.5. The van der Waals surface area contributed by atoms with Crippen LogP contribution in [0.25, 0.3) is 0 Å². The number of hydrogen-bond acceptors (Lipinski definition) is 10. The van der Waals surface area contributed by atoms with Gasteiger partial charge in [0.25, 0.3) is 0 Å². The van der Waals surface area contributed by atoms with Gasteiger partial charge in [0, 0.05) is 0 Å². The molecule has 0 aromatic rings. The van der Waals surface area contributed by atoms with Gasteiger partial charge in [0.05, 0.1) is 13.3 Å². The van der Waals surface area contributed by atoms with Crippen molar-refractivity contribution in [2.24, 2.45) is 0 Å². The Morgan fingerprint density at radius 2 is 0.913 bits per heavy atom. The van der Waals surface area contributed by atoms with Gasteiger partial charge < -0.3 is 50.4 Å². The molecule has 0 aliphatic rings. The van der Waals surface area contributed by atoms with Gasteiger partial charge in [-0.25, -0.2) is 19.2 Å². The highest BCUT2D eigenvalue weighted by Crippen LogP contribution is 1.82. The average molecular weight is 340 g/mol. The zero-order valence-corrected chi connectivity index (χ0v) is 11.7. The lowest BCUT2D eigenvalue weighted by Gasteiger charge is -2.09. The molecule has 0 saturated heterocycles. The third-order valence-electron chi connectivity index (χ3n) is 1.70. The summed E-state index contributed by atoms with van der Waals surface area (Å²) in [6.07, 6.45) is -3.94. The van der Waals surface area contributed by atoms with E-state index in [2.05, 4.69) is 29.6 Å². The van der Waals surface area contributed by atoms with Crippen LogP contribution in [0.4, 0.5) is 19.2 Å². The zero-order valence-electron chi connectivity index (χ0n) is 11.7. The predicted octanol–water partition coefficient (Wildman–Crippen LogP) is -2.34. The fourth-order valence-corrected chi connectivity index (χ4v) is 0.835. The number of amides is 4. The summed E-state index contributed by atoms with van der Waals surface area (Å²) in [4.78, 5) is 43.5. The highest BCUT2D eigenvalue weighted by atomic mass is 16.7. The predicted molar refractivity (Wildman–Crippen MR) is 67.2 cm³/mol. The van der Waals surface area contributed by atoms with Crippen molar-refractivity contribution in [3.63, 3.8) is 0 Å². The summed E-state index contributed by atoms with van der Waals surface area (Å²) in [7, 11) is 0. The largest absolute Gasteiger partial charge is 0.423 e. The number of nitrogens with one attached hydrogen (secondary N) is 4. The van der Waals surface area contributed by atoms with Crippen molar-refractivity contribution >= 4 is 24.4 Å². The number of hydrogen-bond donors (Lipinski definition) is 6. The highest BCUT2D eigenvalue weighted by molar-refractivity contribution is 5.71. The molecule has 0 aromatic heterocycles. The van der Waals surface area contributed by atoms with Gasteiger partial charge in [-0.1, -0.05) is 0 Å². The standard InChI is InChI=1S/C9H16N4O10/c14-3-20-6(16)10-1-12-8(18)22-5-23-9(19)13-2-11-7(17)21-4-15/h14-15H,1-5H2,(H,10,16)(H,11,17)(H,12,18)(H,13,19). The van der Waals surface area contributed by atoms with E-state index in [0.29, 0.717) is 0 Å². The van der Waals surface area contributed by atoms with E-state index in [1.807, 2.05) is 10.6 Å². The van der Waals surface area contributed by atoms with Crippen LogP contribution in [0.3, 0.4) is 0 Å². The molecule has 0 unspecified atom stereocenters. The number of aliphatic hydroxyl groups is 2. The molecule has 0 atom stereocenters. The Balaban J connectivity index is 3.57. The SMILES string of the molecule is O=C(NCNC(=O)OCOC(=O)NCNC(=O)OCO)OCO. The molecule has 0 aromatic carbocycles. The third kappa shape index (κ3) is 12.5. The Labute approximate surface area is 129 Å². The lowest BCUT2D eigenvalue weighted by atomic mass is 10.9. The monoisotopic (exact) mass is 340 g/mol. The van der Waals surface area contributed by atoms with Crippen LogP contribution in [0.5, 0.6) is 0 Å². The van der Waals surface area contributed by atoms with Crippen LogP contribution < -0.4 is 21.3 Å². The van der Waals surface area contributed by atoms with E-state index in [1.54, 1.807) is 0 Å². The summed E-state index contributed by atoms with van der Waals surface area (Å²) in [5.41, 5.74) is 0. The lowest BCUT2D eigenvalue weighted by molar-refractivity contribution is 0.0235. The van der Waals surface area contributed by atoms with Crippen LogP contribution in [0.1, 0.15) is 0 Å². The van der Waals surface area contributed by atoms with Gasteiger partial charge in [-0.2, -0.15) is 0 Å². The van der Waals surface area contributed by atoms with E-state index in [1.165, 1.54) is 0 Å². The normalized spacial score (nSPS) is 9.13. The molecule has 4 amide bonds. The van der Waals surface area contributed by atoms with Gasteiger partial charge in [-0.3, -0.25) is 0 Å². The second kappa shape index (κ2) is 12.7. The Bertz CT molecular complexity index is 368. The number of ether oxygens (including phenoxy) is 4. The van der Waals surface area contributed by atoms with Crippen molar-refractivity contribution < 1.29 is 48.3 Å². The molecule has 0 bridgehead atoms. The van der Waals surface area contributed by atoms with Crippen LogP contribution in [0, 0.1) is 0 Å². The summed E-state index contributed by atoms with van der Waals surface area (Å²) >= 11 is 0. The number of carbonyl (C=O) groups is 4. The number of alkyl carbamates (subject to hydrolysis) is 4. The minimum absolute atomic E-state index is 0.346. The molecule has 0 aliphatic carbocycles. The van der Waals surface area contributed by atoms with Gasteiger partial charge >= 0.3 is 24.4 Å². The number of aliphatic hydroxyl groups excluding tert-OH is 2. The molecule has 0 heterocycles. The second-order valence-electron chi connectivity index (χ2n) is 3.16. The molecule has 132 valence electrons. The molecule has 14 heteroatoms. The van der Waals surface area contributed by atoms with E-state index < -0.39 is 44.8 Å². The topological polar surface area (TPSA) is 194 Å². The van der Waals surface area contributed by atoms with E-state index in [9.17, 15) is 19.2 Å². The van der Waals surface area contributed by atoms with Crippen molar-refractivity contribution in [3.8, 4) is 0 Å². The molecule has 14 nitrogen and oxygen atoms in total. The van der Waals surface area contributed by atoms with Crippen LogP contribution in [-0.2, 0) is 18.9 Å². The first-order valence-electron chi connectivity index (χ1n) is 5.83. The van der Waals surface area contributed by atoms with Crippen LogP contribution in [-0.4, -0.2) is 68.3 Å². The molecule has 0 aliphatic heterocycles. The van der Waals surface area contributed by atoms with Crippen molar-refractivity contribution in [1.29, 1.82) is 0 Å². The summed E-state index contributed by atoms with van der Waals surface area (Å²) in [6.45, 7) is -3.06. The van der Waals surface area contributed by atoms with Crippen molar-refractivity contribution in [3.05, 3.63) is 0 Å². The molecule has 0 rings (SSSR count). The Morgan fingerprint density at radius 1 is 0.609 bits per heavy atom. The van der Waals surface area contributed by atoms with Crippen molar-refractivity contribution in [2.75, 3.05) is 33.7 Å². The molecule has 0 saturated carbocycles. The van der Waals surface area contributed by atoms with Gasteiger partial charge in [-0.15, -0.1) is 0 Å². The van der Waals surface area contributed by atoms with Gasteiger partial charge in [0.15, 0.2) is 13.6 Å². The summed E-state index contributed by atoms with van der Waals surface area (Å²) < 4.78 is 17.0. The minimum Gasteiger partial charge on any atom is -0.423 e. The van der Waals surface area contributed by atoms with Crippen molar-refractivity contribution in [2.45, 2.75) is 0 Å². The number of rotatable bonds is 8. The maximum atomic E-state index is 11.1. The van der Waals surface area contributed by atoms with E-state index in [4.69, 9.17) is 10.2 Å². The maximum Gasteiger partial charge on any atom is 0.411 e. The van der Waals surface area contributed by atoms with Crippen LogP contribution in [0.15, 0.2) is 0 Å². The molecule has 6 N–H and O–H groups in total. The van der Waals surface area contributed by atoms with E-state index in [-0.39, 0.29) is 13.3 Å². The van der Waals surface area contributed by atoms with E-state index >= 15 is 0 Å². The molecule has 0 spiro atoms. The fraction of sp³-hybridized carbons (Fsp3) is 0.556. The Hall–Kier alpha value is -3.00. The minimum atomic E-state index is -1.01. The lowest BCUT2D eigenvalue weighted by Crippen LogP contribution is -2.39. The summed E-state index contributed by atoms with van der Waals surface area (Å²) in [5.74, 6) is 0. The Kier molecular flexibility index (Phi) is 11.1. The van der Waals surface area contributed by atoms with Gasteiger partial charge in [0.1, 0.15) is 0 Å². The first-order chi connectivity index (χ1) is 11.0. The average Bonchev–Trinajstić information content (AvgIpc) is 2.47. The second-order valence-corrected chi connectivity index (χ2v) is 3.16. The third-order valence-corrected chi connectivity index (χ3v) is 1.70. The fourth-order valence-electron chi connectivity index (χ4n) is 0.835. The Morgan fingerprint density at radius 3 is 1.22 bits per heavy atom. The first kappa shape index (κ1) is 20.0. The van der Waals surface area contributed by atoms with Gasteiger partial charge in [0.2, 0.25) is 6.79 Å². The van der Waals surface area contributed by atoms with E-state index in [0.717, 1.165) is 0 Å². The summed E-state index contributed by atoms with van der Waals surface area (Å²) in [6, 6.07) is 0. The first-order valence-corrected chi connectivity index (χ1v) is 5.83. The molecular formula is C9H16N4O10. The molecular weight excluding hydrogens is 324 g/mol. The molecule has 23 heavy (non-hydrogen) atoms. The van der Waals surface area contributed by atoms with Gasteiger partial charge in [-0.05, 0) is 0 Å². The molecule has 0 radical (unpaired) electrons. The molecule has 0 fully saturated rings. The maximum absolute atomic E-state index is 11.1. The summed E-state index contributed by atoms with van der Waals surface area (Å²) in [5, 5.41) is 24.7. The quantitative estimate of drug-likeness (QED) is 0.206.